The number of thiocarbonyl (C=S) groups is 1. The minimum absolute atomic E-state index is 0.0734. The molecule has 27 heavy (non-hydrogen) atoms. The summed E-state index contributed by atoms with van der Waals surface area (Å²) in [5, 5.41) is 8.47. The Balaban J connectivity index is 1.83. The molecule has 0 heterocycles. The molecule has 0 saturated carbocycles. The third kappa shape index (κ3) is 7.07. The first kappa shape index (κ1) is 20.4. The molecule has 2 aromatic carbocycles. The van der Waals surface area contributed by atoms with Crippen molar-refractivity contribution in [3.05, 3.63) is 53.6 Å². The van der Waals surface area contributed by atoms with Gasteiger partial charge < -0.3 is 20.7 Å². The van der Waals surface area contributed by atoms with Crippen molar-refractivity contribution in [1.29, 1.82) is 0 Å². The number of hydrogen-bond acceptors (Lipinski definition) is 4. The van der Waals surface area contributed by atoms with Crippen LogP contribution in [0.3, 0.4) is 0 Å². The van der Waals surface area contributed by atoms with Crippen molar-refractivity contribution in [1.82, 2.24) is 5.32 Å². The molecular formula is C20H23N3O3S. The Morgan fingerprint density at radius 2 is 1.48 bits per heavy atom. The van der Waals surface area contributed by atoms with E-state index in [9.17, 15) is 9.59 Å². The van der Waals surface area contributed by atoms with Gasteiger partial charge in [0, 0.05) is 17.8 Å². The number of hydrogen-bond donors (Lipinski definition) is 3. The molecule has 142 valence electrons. The van der Waals surface area contributed by atoms with Gasteiger partial charge in [0.2, 0.25) is 5.91 Å². The van der Waals surface area contributed by atoms with Gasteiger partial charge in [-0.1, -0.05) is 13.0 Å². The first-order valence-electron chi connectivity index (χ1n) is 8.57. The molecule has 6 nitrogen and oxygen atoms in total. The van der Waals surface area contributed by atoms with Crippen LogP contribution < -0.4 is 20.7 Å². The standard InChI is InChI=1S/C20H23N3O3S/c1-4-18(24)23-20(27)22-16-7-5-15(6-8-16)21-19(25)12-26-17-10-13(2)9-14(3)11-17/h5-11H,4,12H2,1-3H3,(H,21,25)(H2,22,23,24,27). The Hall–Kier alpha value is -2.93. The van der Waals surface area contributed by atoms with Crippen LogP contribution >= 0.6 is 12.2 Å². The van der Waals surface area contributed by atoms with Crippen molar-refractivity contribution in [2.24, 2.45) is 0 Å². The highest BCUT2D eigenvalue weighted by Crippen LogP contribution is 2.17. The van der Waals surface area contributed by atoms with Crippen molar-refractivity contribution >= 4 is 40.5 Å². The minimum Gasteiger partial charge on any atom is -0.484 e. The van der Waals surface area contributed by atoms with Crippen molar-refractivity contribution in [3.8, 4) is 5.75 Å². The van der Waals surface area contributed by atoms with Crippen molar-refractivity contribution in [3.63, 3.8) is 0 Å². The van der Waals surface area contributed by atoms with E-state index in [1.165, 1.54) is 0 Å². The third-order valence-electron chi connectivity index (χ3n) is 3.57. The number of anilines is 2. The normalized spacial score (nSPS) is 10.0. The largest absolute Gasteiger partial charge is 0.484 e. The summed E-state index contributed by atoms with van der Waals surface area (Å²) in [4.78, 5) is 23.3. The molecule has 0 fully saturated rings. The Labute approximate surface area is 164 Å². The van der Waals surface area contributed by atoms with Crippen molar-refractivity contribution in [2.45, 2.75) is 27.2 Å². The van der Waals surface area contributed by atoms with Gasteiger partial charge in [-0.25, -0.2) is 0 Å². The lowest BCUT2D eigenvalue weighted by molar-refractivity contribution is -0.119. The van der Waals surface area contributed by atoms with E-state index in [2.05, 4.69) is 16.0 Å². The van der Waals surface area contributed by atoms with Crippen LogP contribution in [0.15, 0.2) is 42.5 Å². The predicted octanol–water partition coefficient (Wildman–Crippen LogP) is 3.54. The molecule has 0 aromatic heterocycles. The van der Waals surface area contributed by atoms with Crippen LogP contribution in [0.25, 0.3) is 0 Å². The van der Waals surface area contributed by atoms with Gasteiger partial charge in [-0.15, -0.1) is 0 Å². The van der Waals surface area contributed by atoms with E-state index in [4.69, 9.17) is 17.0 Å². The number of ether oxygens (including phenoxy) is 1. The lowest BCUT2D eigenvalue weighted by Gasteiger charge is -2.11. The number of nitrogens with one attached hydrogen (secondary N) is 3. The summed E-state index contributed by atoms with van der Waals surface area (Å²) in [5.74, 6) is 0.269. The van der Waals surface area contributed by atoms with Crippen LogP contribution in [0.4, 0.5) is 11.4 Å². The van der Waals surface area contributed by atoms with E-state index >= 15 is 0 Å². The predicted molar refractivity (Wildman–Crippen MR) is 111 cm³/mol. The molecule has 3 N–H and O–H groups in total. The van der Waals surface area contributed by atoms with Gasteiger partial charge in [0.15, 0.2) is 11.7 Å². The minimum atomic E-state index is -0.249. The average molecular weight is 385 g/mol. The maximum absolute atomic E-state index is 12.1. The number of amides is 2. The summed E-state index contributed by atoms with van der Waals surface area (Å²) in [6, 6.07) is 12.8. The number of aryl methyl sites for hydroxylation is 2. The van der Waals surface area contributed by atoms with E-state index in [1.54, 1.807) is 31.2 Å². The second-order valence-electron chi connectivity index (χ2n) is 6.09. The number of rotatable bonds is 6. The van der Waals surface area contributed by atoms with Gasteiger partial charge >= 0.3 is 0 Å². The van der Waals surface area contributed by atoms with Gasteiger partial charge in [0.05, 0.1) is 0 Å². The molecule has 0 atom stereocenters. The third-order valence-corrected chi connectivity index (χ3v) is 3.77. The molecule has 0 saturated heterocycles. The molecule has 0 unspecified atom stereocenters. The van der Waals surface area contributed by atoms with E-state index < -0.39 is 0 Å². The zero-order chi connectivity index (χ0) is 19.8. The smallest absolute Gasteiger partial charge is 0.262 e. The van der Waals surface area contributed by atoms with Crippen molar-refractivity contribution < 1.29 is 14.3 Å². The highest BCUT2D eigenvalue weighted by molar-refractivity contribution is 7.80. The fourth-order valence-electron chi connectivity index (χ4n) is 2.38. The fraction of sp³-hybridized carbons (Fsp3) is 0.250. The summed E-state index contributed by atoms with van der Waals surface area (Å²) in [6.45, 7) is 5.64. The highest BCUT2D eigenvalue weighted by Gasteiger charge is 2.06. The number of benzene rings is 2. The second kappa shape index (κ2) is 9.68. The number of carbonyl (C=O) groups is 2. The maximum atomic E-state index is 12.1. The summed E-state index contributed by atoms with van der Waals surface area (Å²) >= 11 is 5.05. The summed E-state index contributed by atoms with van der Waals surface area (Å²) in [5.41, 5.74) is 3.52. The van der Waals surface area contributed by atoms with Crippen molar-refractivity contribution in [2.75, 3.05) is 17.2 Å². The van der Waals surface area contributed by atoms with Crippen LogP contribution in [0.1, 0.15) is 24.5 Å². The summed E-state index contributed by atoms with van der Waals surface area (Å²) in [6.07, 6.45) is 0.358. The Bertz CT molecular complexity index is 815. The Morgan fingerprint density at radius 3 is 2.04 bits per heavy atom. The van der Waals surface area contributed by atoms with Crippen LogP contribution in [0, 0.1) is 13.8 Å². The molecule has 0 spiro atoms. The zero-order valence-electron chi connectivity index (χ0n) is 15.6. The average Bonchev–Trinajstić information content (AvgIpc) is 2.60. The molecule has 0 bridgehead atoms. The SMILES string of the molecule is CCC(=O)NC(=S)Nc1ccc(NC(=O)COc2cc(C)cc(C)c2)cc1. The monoisotopic (exact) mass is 385 g/mol. The molecule has 0 aliphatic heterocycles. The second-order valence-corrected chi connectivity index (χ2v) is 6.50. The Morgan fingerprint density at radius 1 is 0.926 bits per heavy atom. The lowest BCUT2D eigenvalue weighted by Crippen LogP contribution is -2.33. The van der Waals surface area contributed by atoms with Gasteiger partial charge in [-0.3, -0.25) is 9.59 Å². The first-order chi connectivity index (χ1) is 12.9. The zero-order valence-corrected chi connectivity index (χ0v) is 16.4. The fourth-order valence-corrected chi connectivity index (χ4v) is 2.61. The first-order valence-corrected chi connectivity index (χ1v) is 8.98. The molecule has 0 aliphatic rings. The molecule has 2 rings (SSSR count). The van der Waals surface area contributed by atoms with Crippen LogP contribution in [-0.4, -0.2) is 23.5 Å². The quantitative estimate of drug-likeness (QED) is 0.663. The van der Waals surface area contributed by atoms with E-state index in [1.807, 2.05) is 32.0 Å². The number of carbonyl (C=O) groups excluding carboxylic acids is 2. The van der Waals surface area contributed by atoms with Crippen LogP contribution in [0.5, 0.6) is 5.75 Å². The van der Waals surface area contributed by atoms with Crippen LogP contribution in [0.2, 0.25) is 0 Å². The van der Waals surface area contributed by atoms with Gasteiger partial charge in [0.25, 0.3) is 5.91 Å². The van der Waals surface area contributed by atoms with Gasteiger partial charge in [-0.2, -0.15) is 0 Å². The van der Waals surface area contributed by atoms with E-state index in [0.29, 0.717) is 23.5 Å². The summed E-state index contributed by atoms with van der Waals surface area (Å²) in [7, 11) is 0. The summed E-state index contributed by atoms with van der Waals surface area (Å²) < 4.78 is 5.54. The van der Waals surface area contributed by atoms with Gasteiger partial charge in [0.1, 0.15) is 5.75 Å². The molecule has 2 amide bonds. The molecule has 7 heteroatoms. The molecule has 0 aliphatic carbocycles. The maximum Gasteiger partial charge on any atom is 0.262 e. The topological polar surface area (TPSA) is 79.5 Å². The molecule has 2 aromatic rings. The molecular weight excluding hydrogens is 362 g/mol. The highest BCUT2D eigenvalue weighted by atomic mass is 32.1. The lowest BCUT2D eigenvalue weighted by atomic mass is 10.1. The van der Waals surface area contributed by atoms with E-state index in [-0.39, 0.29) is 23.5 Å². The van der Waals surface area contributed by atoms with E-state index in [0.717, 1.165) is 11.1 Å². The van der Waals surface area contributed by atoms with Crippen LogP contribution in [-0.2, 0) is 9.59 Å². The molecule has 0 radical (unpaired) electrons. The van der Waals surface area contributed by atoms with Gasteiger partial charge in [-0.05, 0) is 73.6 Å². The Kier molecular flexibility index (Phi) is 7.31.